The molecule has 1 aromatic heterocycles. The Bertz CT molecular complexity index is 1560. The number of rotatable bonds is 6. The van der Waals surface area contributed by atoms with Crippen LogP contribution in [-0.4, -0.2) is 35.7 Å². The first-order valence-electron chi connectivity index (χ1n) is 12.5. The molecule has 1 aliphatic rings. The Hall–Kier alpha value is -4.40. The van der Waals surface area contributed by atoms with Crippen LogP contribution in [0.4, 0.5) is 24.5 Å². The number of aryl methyl sites for hydroxylation is 2. The maximum atomic E-state index is 14.9. The molecule has 0 bridgehead atoms. The largest absolute Gasteiger partial charge is 0.456 e. The SMILES string of the molecule is Cc1cc2nccc(Oc3ccc(C(=O)C(=O)Nc4ccc(N5CCC(F)(F)CC5)cc4)c(F)c3)c2cc1C. The third-order valence-corrected chi connectivity index (χ3v) is 6.92. The zero-order valence-electron chi connectivity index (χ0n) is 21.4. The Morgan fingerprint density at radius 3 is 2.33 bits per heavy atom. The molecule has 6 nitrogen and oxygen atoms in total. The second-order valence-corrected chi connectivity index (χ2v) is 9.68. The molecule has 0 spiro atoms. The molecule has 0 saturated carbocycles. The molecule has 0 radical (unpaired) electrons. The van der Waals surface area contributed by atoms with Crippen LogP contribution < -0.4 is 15.0 Å². The number of fused-ring (bicyclic) bond motifs is 1. The number of amides is 1. The van der Waals surface area contributed by atoms with Crippen LogP contribution in [0, 0.1) is 19.7 Å². The highest BCUT2D eigenvalue weighted by atomic mass is 19.3. The van der Waals surface area contributed by atoms with Crippen molar-refractivity contribution in [2.45, 2.75) is 32.6 Å². The van der Waals surface area contributed by atoms with Crippen molar-refractivity contribution in [1.29, 1.82) is 0 Å². The number of Topliss-reactive ketones (excluding diaryl/α,β-unsaturated/α-hetero) is 1. The number of hydrogen-bond acceptors (Lipinski definition) is 5. The minimum atomic E-state index is -2.64. The van der Waals surface area contributed by atoms with Gasteiger partial charge in [-0.2, -0.15) is 0 Å². The highest BCUT2D eigenvalue weighted by Crippen LogP contribution is 2.32. The second kappa shape index (κ2) is 10.4. The maximum Gasteiger partial charge on any atom is 0.296 e. The van der Waals surface area contributed by atoms with E-state index in [1.165, 1.54) is 12.1 Å². The zero-order chi connectivity index (χ0) is 27.7. The van der Waals surface area contributed by atoms with E-state index in [0.717, 1.165) is 33.8 Å². The van der Waals surface area contributed by atoms with Crippen molar-refractivity contribution in [3.8, 4) is 11.5 Å². The fourth-order valence-electron chi connectivity index (χ4n) is 4.50. The van der Waals surface area contributed by atoms with Crippen molar-refractivity contribution in [3.63, 3.8) is 0 Å². The number of piperidine rings is 1. The molecule has 0 atom stereocenters. The molecule has 200 valence electrons. The molecule has 1 amide bonds. The average Bonchev–Trinajstić information content (AvgIpc) is 2.90. The van der Waals surface area contributed by atoms with Gasteiger partial charge in [-0.05, 0) is 79.6 Å². The molecule has 0 unspecified atom stereocenters. The Labute approximate surface area is 223 Å². The van der Waals surface area contributed by atoms with E-state index in [-0.39, 0.29) is 31.7 Å². The minimum Gasteiger partial charge on any atom is -0.456 e. The van der Waals surface area contributed by atoms with Crippen LogP contribution in [0.3, 0.4) is 0 Å². The number of anilines is 2. The summed E-state index contributed by atoms with van der Waals surface area (Å²) < 4.78 is 47.6. The van der Waals surface area contributed by atoms with Gasteiger partial charge in [0.1, 0.15) is 17.3 Å². The summed E-state index contributed by atoms with van der Waals surface area (Å²) in [6.45, 7) is 4.42. The third kappa shape index (κ3) is 5.72. The smallest absolute Gasteiger partial charge is 0.296 e. The molecule has 39 heavy (non-hydrogen) atoms. The van der Waals surface area contributed by atoms with Crippen LogP contribution >= 0.6 is 0 Å². The van der Waals surface area contributed by atoms with Gasteiger partial charge in [0.25, 0.3) is 17.6 Å². The number of benzene rings is 3. The molecule has 2 heterocycles. The van der Waals surface area contributed by atoms with E-state index in [9.17, 15) is 22.8 Å². The van der Waals surface area contributed by atoms with Crippen LogP contribution in [0.5, 0.6) is 11.5 Å². The van der Waals surface area contributed by atoms with Crippen LogP contribution in [-0.2, 0) is 4.79 Å². The van der Waals surface area contributed by atoms with E-state index in [1.54, 1.807) is 36.5 Å². The van der Waals surface area contributed by atoms with Crippen molar-refractivity contribution >= 4 is 34.0 Å². The van der Waals surface area contributed by atoms with E-state index < -0.39 is 29.0 Å². The molecule has 4 aromatic rings. The number of alkyl halides is 2. The number of ketones is 1. The Morgan fingerprint density at radius 2 is 1.64 bits per heavy atom. The zero-order valence-corrected chi connectivity index (χ0v) is 21.4. The number of nitrogens with zero attached hydrogens (tertiary/aromatic N) is 2. The van der Waals surface area contributed by atoms with Crippen LogP contribution in [0.1, 0.15) is 34.3 Å². The topological polar surface area (TPSA) is 71.5 Å². The normalized spacial score (nSPS) is 14.7. The van der Waals surface area contributed by atoms with Gasteiger partial charge < -0.3 is 15.0 Å². The van der Waals surface area contributed by atoms with Gasteiger partial charge in [-0.1, -0.05) is 0 Å². The number of pyridine rings is 1. The molecular formula is C30H26F3N3O3. The predicted molar refractivity (Wildman–Crippen MR) is 143 cm³/mol. The van der Waals surface area contributed by atoms with Gasteiger partial charge in [-0.15, -0.1) is 0 Å². The molecule has 3 aromatic carbocycles. The van der Waals surface area contributed by atoms with Crippen LogP contribution in [0.2, 0.25) is 0 Å². The Balaban J connectivity index is 1.25. The molecule has 1 N–H and O–H groups in total. The summed E-state index contributed by atoms with van der Waals surface area (Å²) in [5.74, 6) is -4.92. The van der Waals surface area contributed by atoms with Crippen molar-refractivity contribution in [2.24, 2.45) is 0 Å². The highest BCUT2D eigenvalue weighted by molar-refractivity contribution is 6.46. The van der Waals surface area contributed by atoms with E-state index in [2.05, 4.69) is 10.3 Å². The Morgan fingerprint density at radius 1 is 0.949 bits per heavy atom. The van der Waals surface area contributed by atoms with Crippen LogP contribution in [0.15, 0.2) is 66.9 Å². The van der Waals surface area contributed by atoms with E-state index in [1.807, 2.05) is 30.9 Å². The van der Waals surface area contributed by atoms with Crippen molar-refractivity contribution < 1.29 is 27.5 Å². The van der Waals surface area contributed by atoms with Gasteiger partial charge in [0.2, 0.25) is 0 Å². The van der Waals surface area contributed by atoms with E-state index in [0.29, 0.717) is 11.4 Å². The average molecular weight is 534 g/mol. The van der Waals surface area contributed by atoms with Gasteiger partial charge in [0, 0.05) is 55.0 Å². The van der Waals surface area contributed by atoms with Crippen molar-refractivity contribution in [3.05, 3.63) is 89.4 Å². The summed E-state index contributed by atoms with van der Waals surface area (Å²) in [5.41, 5.74) is 3.56. The number of hydrogen-bond donors (Lipinski definition) is 1. The van der Waals surface area contributed by atoms with Gasteiger partial charge in [0.15, 0.2) is 0 Å². The summed E-state index contributed by atoms with van der Waals surface area (Å²) in [6, 6.07) is 15.8. The molecule has 1 saturated heterocycles. The summed E-state index contributed by atoms with van der Waals surface area (Å²) in [5, 5.41) is 3.23. The first kappa shape index (κ1) is 26.2. The lowest BCUT2D eigenvalue weighted by Gasteiger charge is -2.33. The third-order valence-electron chi connectivity index (χ3n) is 6.92. The molecule has 1 aliphatic heterocycles. The predicted octanol–water partition coefficient (Wildman–Crippen LogP) is 6.84. The number of nitrogens with one attached hydrogen (secondary N) is 1. The fourth-order valence-corrected chi connectivity index (χ4v) is 4.50. The molecule has 1 fully saturated rings. The van der Waals surface area contributed by atoms with E-state index >= 15 is 0 Å². The quantitative estimate of drug-likeness (QED) is 0.217. The maximum absolute atomic E-state index is 14.9. The van der Waals surface area contributed by atoms with E-state index in [4.69, 9.17) is 4.74 Å². The summed E-state index contributed by atoms with van der Waals surface area (Å²) >= 11 is 0. The number of ether oxygens (including phenoxy) is 1. The first-order valence-corrected chi connectivity index (χ1v) is 12.5. The molecule has 5 rings (SSSR count). The van der Waals surface area contributed by atoms with Gasteiger partial charge in [-0.25, -0.2) is 13.2 Å². The summed E-state index contributed by atoms with van der Waals surface area (Å²) in [7, 11) is 0. The molecular weight excluding hydrogens is 507 g/mol. The Kier molecular flexibility index (Phi) is 6.99. The molecule has 9 heteroatoms. The van der Waals surface area contributed by atoms with Gasteiger partial charge in [-0.3, -0.25) is 14.6 Å². The monoisotopic (exact) mass is 533 g/mol. The van der Waals surface area contributed by atoms with Crippen LogP contribution in [0.25, 0.3) is 10.9 Å². The number of carbonyl (C=O) groups excluding carboxylic acids is 2. The summed E-state index contributed by atoms with van der Waals surface area (Å²) in [6.07, 6.45) is 1.17. The number of carbonyl (C=O) groups is 2. The lowest BCUT2D eigenvalue weighted by Crippen LogP contribution is -2.39. The van der Waals surface area contributed by atoms with Gasteiger partial charge in [0.05, 0.1) is 11.1 Å². The number of aromatic nitrogens is 1. The highest BCUT2D eigenvalue weighted by Gasteiger charge is 2.34. The second-order valence-electron chi connectivity index (χ2n) is 9.68. The fraction of sp³-hybridized carbons (Fsp3) is 0.233. The van der Waals surface area contributed by atoms with Crippen molar-refractivity contribution in [2.75, 3.05) is 23.3 Å². The number of halogens is 3. The van der Waals surface area contributed by atoms with Crippen molar-refractivity contribution in [1.82, 2.24) is 4.98 Å². The first-order chi connectivity index (χ1) is 18.6. The molecule has 0 aliphatic carbocycles. The van der Waals surface area contributed by atoms with Gasteiger partial charge >= 0.3 is 0 Å². The summed E-state index contributed by atoms with van der Waals surface area (Å²) in [4.78, 5) is 31.4. The standard InChI is InChI=1S/C30H26F3N3O3/c1-18-15-24-26(16-19(18)2)34-12-9-27(24)39-22-7-8-23(25(31)17-22)28(37)29(38)35-20-3-5-21(6-4-20)36-13-10-30(32,33)11-14-36/h3-9,12,15-17H,10-11,13-14H2,1-2H3,(H,35,38). The lowest BCUT2D eigenvalue weighted by molar-refractivity contribution is -0.112. The lowest BCUT2D eigenvalue weighted by atomic mass is 10.1. The minimum absolute atomic E-state index is 0.168.